The van der Waals surface area contributed by atoms with Crippen LogP contribution in [0.1, 0.15) is 5.56 Å². The Kier molecular flexibility index (Phi) is 6.57. The van der Waals surface area contributed by atoms with Crippen molar-refractivity contribution in [3.8, 4) is 0 Å². The first-order chi connectivity index (χ1) is 17.0. The number of nitrogens with one attached hydrogen (secondary N) is 2. The van der Waals surface area contributed by atoms with Gasteiger partial charge in [0, 0.05) is 54.2 Å². The van der Waals surface area contributed by atoms with E-state index in [1.165, 1.54) is 0 Å². The van der Waals surface area contributed by atoms with Crippen molar-refractivity contribution < 1.29 is 4.42 Å². The lowest BCUT2D eigenvalue weighted by molar-refractivity contribution is 0.361. The lowest BCUT2D eigenvalue weighted by Crippen LogP contribution is -2.30. The highest BCUT2D eigenvalue weighted by Crippen LogP contribution is 2.27. The average Bonchev–Trinajstić information content (AvgIpc) is 2.85. The Morgan fingerprint density at radius 3 is 2.54 bits per heavy atom. The van der Waals surface area contributed by atoms with Crippen LogP contribution in [0.3, 0.4) is 0 Å². The first-order valence-electron chi connectivity index (χ1n) is 11.7. The van der Waals surface area contributed by atoms with Gasteiger partial charge in [-0.1, -0.05) is 29.8 Å². The fraction of sp³-hybridized carbons (Fsp3) is 0.214. The van der Waals surface area contributed by atoms with Crippen LogP contribution >= 0.6 is 11.6 Å². The number of aryl methyl sites for hydroxylation is 1. The summed E-state index contributed by atoms with van der Waals surface area (Å²) in [5.41, 5.74) is 4.92. The molecule has 0 atom stereocenters. The lowest BCUT2D eigenvalue weighted by Gasteiger charge is -2.19. The Bertz CT molecular complexity index is 1580. The summed E-state index contributed by atoms with van der Waals surface area (Å²) in [7, 11) is 2.09. The highest BCUT2D eigenvalue weighted by atomic mass is 35.5. The highest BCUT2D eigenvalue weighted by Gasteiger charge is 2.13. The van der Waals surface area contributed by atoms with Crippen LogP contribution in [0.25, 0.3) is 32.8 Å². The molecule has 35 heavy (non-hydrogen) atoms. The maximum Gasteiger partial charge on any atom is 0.202 e. The number of pyridine rings is 1. The third kappa shape index (κ3) is 4.81. The predicted octanol–water partition coefficient (Wildman–Crippen LogP) is 5.91. The summed E-state index contributed by atoms with van der Waals surface area (Å²) in [6, 6.07) is 19.1. The molecule has 0 amide bonds. The number of rotatable bonds is 8. The minimum absolute atomic E-state index is 0.00327. The Hall–Kier alpha value is -3.61. The van der Waals surface area contributed by atoms with Crippen molar-refractivity contribution in [3.63, 3.8) is 0 Å². The molecule has 0 bridgehead atoms. The van der Waals surface area contributed by atoms with Crippen molar-refractivity contribution in [1.29, 1.82) is 0 Å². The lowest BCUT2D eigenvalue weighted by atomic mass is 10.1. The van der Waals surface area contributed by atoms with Gasteiger partial charge in [-0.3, -0.25) is 9.78 Å². The largest absolute Gasteiger partial charge is 0.455 e. The second-order valence-electron chi connectivity index (χ2n) is 8.74. The zero-order valence-electron chi connectivity index (χ0n) is 19.8. The SMILES string of the molecule is Cc1ccc(NCCN(C)CCNc2ccnc3cc(Cl)ccc23)c2c(=O)c3ccccc3oc12. The first kappa shape index (κ1) is 23.1. The Morgan fingerprint density at radius 2 is 1.71 bits per heavy atom. The number of para-hydroxylation sites is 1. The Labute approximate surface area is 208 Å². The number of aromatic nitrogens is 1. The van der Waals surface area contributed by atoms with Gasteiger partial charge >= 0.3 is 0 Å². The number of nitrogens with zero attached hydrogens (tertiary/aromatic N) is 2. The predicted molar refractivity (Wildman–Crippen MR) is 146 cm³/mol. The molecule has 5 rings (SSSR count). The molecule has 3 aromatic carbocycles. The molecule has 6 nitrogen and oxygen atoms in total. The zero-order chi connectivity index (χ0) is 24.4. The van der Waals surface area contributed by atoms with Crippen LogP contribution in [-0.2, 0) is 0 Å². The molecule has 2 N–H and O–H groups in total. The van der Waals surface area contributed by atoms with Crippen LogP contribution in [0.4, 0.5) is 11.4 Å². The van der Waals surface area contributed by atoms with Crippen LogP contribution in [0, 0.1) is 6.92 Å². The number of hydrogen-bond acceptors (Lipinski definition) is 6. The molecule has 7 heteroatoms. The summed E-state index contributed by atoms with van der Waals surface area (Å²) in [4.78, 5) is 19.9. The quantitative estimate of drug-likeness (QED) is 0.266. The Morgan fingerprint density at radius 1 is 0.943 bits per heavy atom. The smallest absolute Gasteiger partial charge is 0.202 e. The topological polar surface area (TPSA) is 70.4 Å². The third-order valence-corrected chi connectivity index (χ3v) is 6.48. The second kappa shape index (κ2) is 9.94. The van der Waals surface area contributed by atoms with Crippen LogP contribution in [0.15, 0.2) is 76.1 Å². The number of anilines is 2. The standard InChI is InChI=1S/C28H27ClN4O2/c1-18-7-10-23(26-27(34)21-5-3-4-6-25(21)35-28(18)26)32-14-16-33(2)15-13-31-22-11-12-30-24-17-19(29)8-9-20(22)24/h3-12,17,32H,13-16H2,1-2H3,(H,30,31). The van der Waals surface area contributed by atoms with E-state index in [0.717, 1.165) is 47.5 Å². The first-order valence-corrected chi connectivity index (χ1v) is 12.0. The summed E-state index contributed by atoms with van der Waals surface area (Å²) >= 11 is 6.09. The fourth-order valence-electron chi connectivity index (χ4n) is 4.33. The molecular formula is C28H27ClN4O2. The van der Waals surface area contributed by atoms with Crippen molar-refractivity contribution in [3.05, 3.63) is 87.7 Å². The Balaban J connectivity index is 1.22. The number of hydrogen-bond donors (Lipinski definition) is 2. The molecule has 5 aromatic rings. The minimum atomic E-state index is -0.00327. The van der Waals surface area contributed by atoms with Gasteiger partial charge in [0.15, 0.2) is 0 Å². The molecule has 0 saturated heterocycles. The molecule has 0 saturated carbocycles. The van der Waals surface area contributed by atoms with Crippen molar-refractivity contribution >= 4 is 55.8 Å². The van der Waals surface area contributed by atoms with Gasteiger partial charge in [-0.2, -0.15) is 0 Å². The van der Waals surface area contributed by atoms with E-state index in [9.17, 15) is 4.79 Å². The van der Waals surface area contributed by atoms with Gasteiger partial charge in [-0.25, -0.2) is 0 Å². The molecule has 0 aliphatic heterocycles. The van der Waals surface area contributed by atoms with Gasteiger partial charge in [0.2, 0.25) is 5.43 Å². The monoisotopic (exact) mass is 486 g/mol. The minimum Gasteiger partial charge on any atom is -0.455 e. The van der Waals surface area contributed by atoms with Crippen molar-refractivity contribution in [2.45, 2.75) is 6.92 Å². The molecule has 0 unspecified atom stereocenters. The maximum atomic E-state index is 13.2. The highest BCUT2D eigenvalue weighted by molar-refractivity contribution is 6.31. The number of halogens is 1. The summed E-state index contributed by atoms with van der Waals surface area (Å²) in [6.45, 7) is 5.15. The van der Waals surface area contributed by atoms with E-state index in [-0.39, 0.29) is 5.43 Å². The summed E-state index contributed by atoms with van der Waals surface area (Å²) in [6.07, 6.45) is 1.79. The van der Waals surface area contributed by atoms with Crippen molar-refractivity contribution in [2.75, 3.05) is 43.9 Å². The van der Waals surface area contributed by atoms with E-state index < -0.39 is 0 Å². The maximum absolute atomic E-state index is 13.2. The van der Waals surface area contributed by atoms with Gasteiger partial charge in [0.05, 0.1) is 16.3 Å². The van der Waals surface area contributed by atoms with E-state index in [0.29, 0.717) is 33.5 Å². The van der Waals surface area contributed by atoms with Crippen LogP contribution in [0.5, 0.6) is 0 Å². The van der Waals surface area contributed by atoms with Gasteiger partial charge in [0.25, 0.3) is 0 Å². The molecular weight excluding hydrogens is 460 g/mol. The van der Waals surface area contributed by atoms with Gasteiger partial charge in [-0.05, 0) is 62.0 Å². The molecule has 178 valence electrons. The molecule has 0 fully saturated rings. The van der Waals surface area contributed by atoms with E-state index >= 15 is 0 Å². The second-order valence-corrected chi connectivity index (χ2v) is 9.17. The van der Waals surface area contributed by atoms with Crippen LogP contribution in [-0.4, -0.2) is 43.1 Å². The summed E-state index contributed by atoms with van der Waals surface area (Å²) < 4.78 is 6.09. The molecule has 2 heterocycles. The van der Waals surface area contributed by atoms with Gasteiger partial charge in [0.1, 0.15) is 11.2 Å². The molecule has 2 aromatic heterocycles. The number of benzene rings is 3. The van der Waals surface area contributed by atoms with E-state index in [4.69, 9.17) is 16.0 Å². The van der Waals surface area contributed by atoms with Crippen molar-refractivity contribution in [1.82, 2.24) is 9.88 Å². The number of likely N-dealkylation sites (N-methyl/N-ethyl adjacent to an activating group) is 1. The van der Waals surface area contributed by atoms with Gasteiger partial charge < -0.3 is 20.0 Å². The summed E-state index contributed by atoms with van der Waals surface area (Å²) in [5, 5.41) is 9.89. The van der Waals surface area contributed by atoms with E-state index in [1.54, 1.807) is 6.20 Å². The van der Waals surface area contributed by atoms with Crippen LogP contribution in [0.2, 0.25) is 5.02 Å². The number of fused-ring (bicyclic) bond motifs is 3. The van der Waals surface area contributed by atoms with E-state index in [1.807, 2.05) is 67.6 Å². The van der Waals surface area contributed by atoms with E-state index in [2.05, 4.69) is 27.6 Å². The van der Waals surface area contributed by atoms with Crippen LogP contribution < -0.4 is 16.1 Å². The molecule has 0 aliphatic rings. The summed E-state index contributed by atoms with van der Waals surface area (Å²) in [5.74, 6) is 0. The zero-order valence-corrected chi connectivity index (χ0v) is 20.5. The third-order valence-electron chi connectivity index (χ3n) is 6.25. The molecule has 0 spiro atoms. The van der Waals surface area contributed by atoms with Gasteiger partial charge in [-0.15, -0.1) is 0 Å². The molecule has 0 aliphatic carbocycles. The molecule has 0 radical (unpaired) electrons. The average molecular weight is 487 g/mol. The van der Waals surface area contributed by atoms with Crippen molar-refractivity contribution in [2.24, 2.45) is 0 Å². The fourth-order valence-corrected chi connectivity index (χ4v) is 4.50. The normalized spacial score (nSPS) is 11.5.